The van der Waals surface area contributed by atoms with Gasteiger partial charge in [-0.2, -0.15) is 0 Å². The predicted molar refractivity (Wildman–Crippen MR) is 85.1 cm³/mol. The SMILES string of the molecule is CC(C)N1CCC(CN2CCN(C3CCC3)CC2)CC1. The largest absolute Gasteiger partial charge is 0.301 e. The minimum absolute atomic E-state index is 0.738. The Kier molecular flexibility index (Phi) is 5.00. The molecule has 0 atom stereocenters. The number of hydrogen-bond donors (Lipinski definition) is 0. The zero-order valence-corrected chi connectivity index (χ0v) is 13.6. The first-order valence-electron chi connectivity index (χ1n) is 8.93. The van der Waals surface area contributed by atoms with Gasteiger partial charge in [0.05, 0.1) is 0 Å². The van der Waals surface area contributed by atoms with E-state index in [-0.39, 0.29) is 0 Å². The fourth-order valence-corrected chi connectivity index (χ4v) is 4.08. The minimum Gasteiger partial charge on any atom is -0.301 e. The van der Waals surface area contributed by atoms with E-state index in [1.807, 2.05) is 0 Å². The Labute approximate surface area is 125 Å². The molecule has 0 aromatic rings. The van der Waals surface area contributed by atoms with Crippen molar-refractivity contribution in [2.24, 2.45) is 5.92 Å². The van der Waals surface area contributed by atoms with Crippen molar-refractivity contribution in [3.8, 4) is 0 Å². The first-order chi connectivity index (χ1) is 9.72. The van der Waals surface area contributed by atoms with E-state index < -0.39 is 0 Å². The van der Waals surface area contributed by atoms with Crippen LogP contribution in [0.25, 0.3) is 0 Å². The van der Waals surface area contributed by atoms with Crippen LogP contribution in [0.1, 0.15) is 46.0 Å². The molecule has 0 spiro atoms. The highest BCUT2D eigenvalue weighted by Gasteiger charge is 2.29. The molecule has 2 heterocycles. The van der Waals surface area contributed by atoms with Gasteiger partial charge < -0.3 is 9.80 Å². The maximum Gasteiger partial charge on any atom is 0.0113 e. The molecule has 0 amide bonds. The molecule has 0 unspecified atom stereocenters. The van der Waals surface area contributed by atoms with Crippen molar-refractivity contribution in [2.75, 3.05) is 45.8 Å². The van der Waals surface area contributed by atoms with Gasteiger partial charge in [0.2, 0.25) is 0 Å². The predicted octanol–water partition coefficient (Wildman–Crippen LogP) is 2.28. The lowest BCUT2D eigenvalue weighted by atomic mass is 9.91. The number of rotatable bonds is 4. The van der Waals surface area contributed by atoms with E-state index in [9.17, 15) is 0 Å². The first kappa shape index (κ1) is 14.8. The summed E-state index contributed by atoms with van der Waals surface area (Å²) >= 11 is 0. The smallest absolute Gasteiger partial charge is 0.0113 e. The van der Waals surface area contributed by atoms with Crippen LogP contribution in [-0.2, 0) is 0 Å². The zero-order valence-electron chi connectivity index (χ0n) is 13.6. The van der Waals surface area contributed by atoms with Gasteiger partial charge in [0.25, 0.3) is 0 Å². The summed E-state index contributed by atoms with van der Waals surface area (Å²) < 4.78 is 0. The molecule has 2 aliphatic heterocycles. The Morgan fingerprint density at radius 3 is 2.00 bits per heavy atom. The quantitative estimate of drug-likeness (QED) is 0.782. The Morgan fingerprint density at radius 2 is 1.50 bits per heavy atom. The summed E-state index contributed by atoms with van der Waals surface area (Å²) in [5.74, 6) is 0.959. The summed E-state index contributed by atoms with van der Waals surface area (Å²) in [5.41, 5.74) is 0. The average molecular weight is 279 g/mol. The minimum atomic E-state index is 0.738. The molecule has 0 radical (unpaired) electrons. The van der Waals surface area contributed by atoms with Crippen LogP contribution >= 0.6 is 0 Å². The van der Waals surface area contributed by atoms with Crippen LogP contribution < -0.4 is 0 Å². The van der Waals surface area contributed by atoms with Crippen LogP contribution in [-0.4, -0.2) is 72.6 Å². The lowest BCUT2D eigenvalue weighted by Crippen LogP contribution is -2.53. The molecule has 3 nitrogen and oxygen atoms in total. The van der Waals surface area contributed by atoms with Crippen LogP contribution in [0.3, 0.4) is 0 Å². The third-order valence-corrected chi connectivity index (χ3v) is 5.89. The molecule has 2 saturated heterocycles. The molecule has 0 N–H and O–H groups in total. The third-order valence-electron chi connectivity index (χ3n) is 5.89. The van der Waals surface area contributed by atoms with Gasteiger partial charge >= 0.3 is 0 Å². The monoisotopic (exact) mass is 279 g/mol. The number of hydrogen-bond acceptors (Lipinski definition) is 3. The second-order valence-electron chi connectivity index (χ2n) is 7.49. The second kappa shape index (κ2) is 6.76. The highest BCUT2D eigenvalue weighted by atomic mass is 15.3. The molecule has 1 saturated carbocycles. The lowest BCUT2D eigenvalue weighted by Gasteiger charge is -2.44. The molecule has 116 valence electrons. The first-order valence-corrected chi connectivity index (χ1v) is 8.93. The van der Waals surface area contributed by atoms with E-state index in [4.69, 9.17) is 0 Å². The molecular weight excluding hydrogens is 246 g/mol. The van der Waals surface area contributed by atoms with E-state index in [1.165, 1.54) is 77.9 Å². The second-order valence-corrected chi connectivity index (χ2v) is 7.49. The lowest BCUT2D eigenvalue weighted by molar-refractivity contribution is 0.0463. The van der Waals surface area contributed by atoms with Crippen molar-refractivity contribution < 1.29 is 0 Å². The summed E-state index contributed by atoms with van der Waals surface area (Å²) in [5, 5.41) is 0. The van der Waals surface area contributed by atoms with Gasteiger partial charge in [-0.15, -0.1) is 0 Å². The average Bonchev–Trinajstić information content (AvgIpc) is 2.39. The number of piperidine rings is 1. The summed E-state index contributed by atoms with van der Waals surface area (Å²) in [6.07, 6.45) is 7.24. The molecule has 3 rings (SSSR count). The van der Waals surface area contributed by atoms with Gasteiger partial charge in [0.15, 0.2) is 0 Å². The van der Waals surface area contributed by atoms with Crippen LogP contribution in [0, 0.1) is 5.92 Å². The molecule has 20 heavy (non-hydrogen) atoms. The van der Waals surface area contributed by atoms with Crippen molar-refractivity contribution in [1.82, 2.24) is 14.7 Å². The van der Waals surface area contributed by atoms with E-state index in [0.717, 1.165) is 18.0 Å². The molecule has 3 heteroatoms. The van der Waals surface area contributed by atoms with Gasteiger partial charge in [0.1, 0.15) is 0 Å². The molecule has 3 fully saturated rings. The van der Waals surface area contributed by atoms with Crippen molar-refractivity contribution in [3.05, 3.63) is 0 Å². The fourth-order valence-electron chi connectivity index (χ4n) is 4.08. The number of likely N-dealkylation sites (tertiary alicyclic amines) is 1. The number of nitrogens with zero attached hydrogens (tertiary/aromatic N) is 3. The third kappa shape index (κ3) is 3.55. The van der Waals surface area contributed by atoms with Gasteiger partial charge in [-0.1, -0.05) is 6.42 Å². The zero-order chi connectivity index (χ0) is 13.9. The Bertz CT molecular complexity index is 285. The van der Waals surface area contributed by atoms with E-state index >= 15 is 0 Å². The topological polar surface area (TPSA) is 9.72 Å². The van der Waals surface area contributed by atoms with Crippen LogP contribution in [0.5, 0.6) is 0 Å². The highest BCUT2D eigenvalue weighted by Crippen LogP contribution is 2.26. The normalized spacial score (nSPS) is 28.9. The van der Waals surface area contributed by atoms with Crippen LogP contribution in [0.15, 0.2) is 0 Å². The van der Waals surface area contributed by atoms with E-state index in [2.05, 4.69) is 28.5 Å². The fraction of sp³-hybridized carbons (Fsp3) is 1.00. The molecular formula is C17H33N3. The van der Waals surface area contributed by atoms with Gasteiger partial charge in [-0.25, -0.2) is 0 Å². The van der Waals surface area contributed by atoms with Crippen molar-refractivity contribution in [1.29, 1.82) is 0 Å². The summed E-state index contributed by atoms with van der Waals surface area (Å²) in [4.78, 5) is 8.14. The van der Waals surface area contributed by atoms with Gasteiger partial charge in [0, 0.05) is 44.8 Å². The van der Waals surface area contributed by atoms with E-state index in [0.29, 0.717) is 0 Å². The highest BCUT2D eigenvalue weighted by molar-refractivity contribution is 4.85. The molecule has 3 aliphatic rings. The molecule has 0 aromatic heterocycles. The van der Waals surface area contributed by atoms with Crippen molar-refractivity contribution in [3.63, 3.8) is 0 Å². The Balaban J connectivity index is 1.35. The van der Waals surface area contributed by atoms with Crippen LogP contribution in [0.2, 0.25) is 0 Å². The summed E-state index contributed by atoms with van der Waals surface area (Å²) in [6, 6.07) is 1.69. The van der Waals surface area contributed by atoms with E-state index in [1.54, 1.807) is 0 Å². The van der Waals surface area contributed by atoms with Gasteiger partial charge in [-0.05, 0) is 58.5 Å². The Hall–Kier alpha value is -0.120. The molecule has 1 aliphatic carbocycles. The van der Waals surface area contributed by atoms with Crippen molar-refractivity contribution >= 4 is 0 Å². The van der Waals surface area contributed by atoms with Gasteiger partial charge in [-0.3, -0.25) is 4.90 Å². The number of piperazine rings is 1. The standard InChI is InChI=1S/C17H33N3/c1-15(2)19-8-6-16(7-9-19)14-18-10-12-20(13-11-18)17-4-3-5-17/h15-17H,3-14H2,1-2H3. The maximum absolute atomic E-state index is 2.75. The summed E-state index contributed by atoms with van der Waals surface area (Å²) in [7, 11) is 0. The van der Waals surface area contributed by atoms with Crippen LogP contribution in [0.4, 0.5) is 0 Å². The molecule has 0 aromatic carbocycles. The van der Waals surface area contributed by atoms with Crippen molar-refractivity contribution in [2.45, 2.75) is 58.0 Å². The maximum atomic E-state index is 2.75. The summed E-state index contributed by atoms with van der Waals surface area (Å²) in [6.45, 7) is 14.0. The Morgan fingerprint density at radius 1 is 0.850 bits per heavy atom. The molecule has 0 bridgehead atoms.